The predicted octanol–water partition coefficient (Wildman–Crippen LogP) is -0.694. The summed E-state index contributed by atoms with van der Waals surface area (Å²) in [6, 6.07) is 1.58. The standard InChI is InChI=1S/C16H22BF2N3O5S/c18-10-3-4-14(12(19)8-10)28(26,27)21-7-5-13(20)11(9-21)16(23)22-6-1-2-15(22)17(24)25/h3-4,8,11,13,15,24-25H,1-2,5-7,9,20H2/t11-,13-,15+/m1/s1. The predicted molar refractivity (Wildman–Crippen MR) is 96.1 cm³/mol. The third-order valence-corrected chi connectivity index (χ3v) is 7.28. The van der Waals surface area contributed by atoms with Crippen LogP contribution in [0.25, 0.3) is 0 Å². The molecule has 0 spiro atoms. The van der Waals surface area contributed by atoms with Crippen molar-refractivity contribution < 1.29 is 32.0 Å². The molecule has 2 aliphatic rings. The zero-order valence-electron chi connectivity index (χ0n) is 15.0. The molecule has 0 bridgehead atoms. The van der Waals surface area contributed by atoms with Crippen molar-refractivity contribution in [1.29, 1.82) is 0 Å². The highest BCUT2D eigenvalue weighted by Gasteiger charge is 2.44. The number of rotatable bonds is 4. The lowest BCUT2D eigenvalue weighted by atomic mass is 9.77. The van der Waals surface area contributed by atoms with Gasteiger partial charge < -0.3 is 20.7 Å². The second kappa shape index (κ2) is 8.03. The third kappa shape index (κ3) is 3.92. The lowest BCUT2D eigenvalue weighted by molar-refractivity contribution is -0.137. The van der Waals surface area contributed by atoms with Crippen LogP contribution in [0.2, 0.25) is 0 Å². The number of amides is 1. The Hall–Kier alpha value is -1.60. The summed E-state index contributed by atoms with van der Waals surface area (Å²) in [6.07, 6.45) is 1.20. The highest BCUT2D eigenvalue weighted by atomic mass is 32.2. The number of nitrogens with two attached hydrogens (primary N) is 1. The van der Waals surface area contributed by atoms with Crippen molar-refractivity contribution in [2.45, 2.75) is 36.1 Å². The van der Waals surface area contributed by atoms with Crippen molar-refractivity contribution in [3.63, 3.8) is 0 Å². The molecule has 0 saturated carbocycles. The lowest BCUT2D eigenvalue weighted by Gasteiger charge is -2.38. The molecule has 12 heteroatoms. The first-order valence-corrected chi connectivity index (χ1v) is 10.4. The van der Waals surface area contributed by atoms with Crippen molar-refractivity contribution in [1.82, 2.24) is 9.21 Å². The van der Waals surface area contributed by atoms with Gasteiger partial charge >= 0.3 is 7.12 Å². The van der Waals surface area contributed by atoms with E-state index in [0.717, 1.165) is 16.4 Å². The van der Waals surface area contributed by atoms with Gasteiger partial charge in [-0.05, 0) is 31.4 Å². The Balaban J connectivity index is 1.83. The Labute approximate surface area is 162 Å². The number of sulfonamides is 1. The van der Waals surface area contributed by atoms with Crippen LogP contribution in [0.1, 0.15) is 19.3 Å². The second-order valence-corrected chi connectivity index (χ2v) is 9.06. The average molecular weight is 417 g/mol. The van der Waals surface area contributed by atoms with Crippen molar-refractivity contribution in [2.75, 3.05) is 19.6 Å². The number of benzene rings is 1. The smallest absolute Gasteiger partial charge is 0.426 e. The maximum atomic E-state index is 14.0. The number of carbonyl (C=O) groups excluding carboxylic acids is 1. The van der Waals surface area contributed by atoms with Crippen LogP contribution in [0.15, 0.2) is 23.1 Å². The van der Waals surface area contributed by atoms with E-state index in [9.17, 15) is 32.0 Å². The monoisotopic (exact) mass is 417 g/mol. The number of hydrogen-bond acceptors (Lipinski definition) is 6. The minimum Gasteiger partial charge on any atom is -0.426 e. The summed E-state index contributed by atoms with van der Waals surface area (Å²) in [6.45, 7) is 0.0592. The molecule has 2 heterocycles. The van der Waals surface area contributed by atoms with E-state index >= 15 is 0 Å². The maximum absolute atomic E-state index is 14.0. The van der Waals surface area contributed by atoms with E-state index < -0.39 is 57.5 Å². The molecule has 0 radical (unpaired) electrons. The van der Waals surface area contributed by atoms with Crippen LogP contribution in [0, 0.1) is 17.6 Å². The Morgan fingerprint density at radius 3 is 2.57 bits per heavy atom. The quantitative estimate of drug-likeness (QED) is 0.557. The van der Waals surface area contributed by atoms with Crippen molar-refractivity contribution in [3.05, 3.63) is 29.8 Å². The Bertz CT molecular complexity index is 857. The molecule has 2 saturated heterocycles. The van der Waals surface area contributed by atoms with E-state index in [1.807, 2.05) is 0 Å². The molecule has 4 N–H and O–H groups in total. The molecule has 3 atom stereocenters. The van der Waals surface area contributed by atoms with E-state index in [4.69, 9.17) is 5.73 Å². The minimum atomic E-state index is -4.29. The normalized spacial score (nSPS) is 26.5. The molecule has 1 aromatic carbocycles. The fourth-order valence-corrected chi connectivity index (χ4v) is 5.36. The molecule has 0 aromatic heterocycles. The molecule has 2 aliphatic heterocycles. The number of piperidine rings is 1. The minimum absolute atomic E-state index is 0.00382. The van der Waals surface area contributed by atoms with Gasteiger partial charge in [0.15, 0.2) is 0 Å². The summed E-state index contributed by atoms with van der Waals surface area (Å²) < 4.78 is 53.7. The molecule has 154 valence electrons. The summed E-state index contributed by atoms with van der Waals surface area (Å²) in [7, 11) is -5.98. The van der Waals surface area contributed by atoms with Crippen LogP contribution < -0.4 is 5.73 Å². The Kier molecular flexibility index (Phi) is 6.06. The molecular weight excluding hydrogens is 395 g/mol. The van der Waals surface area contributed by atoms with Crippen LogP contribution in [0.5, 0.6) is 0 Å². The van der Waals surface area contributed by atoms with E-state index in [2.05, 4.69) is 0 Å². The number of hydrogen-bond donors (Lipinski definition) is 3. The van der Waals surface area contributed by atoms with E-state index in [1.54, 1.807) is 0 Å². The second-order valence-electron chi connectivity index (χ2n) is 7.15. The molecule has 2 fully saturated rings. The summed E-state index contributed by atoms with van der Waals surface area (Å²) >= 11 is 0. The summed E-state index contributed by atoms with van der Waals surface area (Å²) in [5.41, 5.74) is 6.05. The van der Waals surface area contributed by atoms with Crippen molar-refractivity contribution in [2.24, 2.45) is 11.7 Å². The Morgan fingerprint density at radius 2 is 1.93 bits per heavy atom. The first-order valence-electron chi connectivity index (χ1n) is 9.00. The summed E-state index contributed by atoms with van der Waals surface area (Å²) in [5, 5.41) is 18.9. The number of halogens is 2. The van der Waals surface area contributed by atoms with Gasteiger partial charge in [0.1, 0.15) is 16.5 Å². The van der Waals surface area contributed by atoms with Crippen LogP contribution >= 0.6 is 0 Å². The van der Waals surface area contributed by atoms with Gasteiger partial charge in [0.25, 0.3) is 0 Å². The van der Waals surface area contributed by atoms with Gasteiger partial charge in [-0.1, -0.05) is 0 Å². The molecule has 1 amide bonds. The van der Waals surface area contributed by atoms with Crippen molar-refractivity contribution in [3.8, 4) is 0 Å². The van der Waals surface area contributed by atoms with Gasteiger partial charge in [-0.2, -0.15) is 4.31 Å². The first kappa shape index (κ1) is 21.1. The highest BCUT2D eigenvalue weighted by Crippen LogP contribution is 2.28. The zero-order chi connectivity index (χ0) is 20.6. The number of carbonyl (C=O) groups is 1. The van der Waals surface area contributed by atoms with Gasteiger partial charge in [0.05, 0.1) is 11.9 Å². The lowest BCUT2D eigenvalue weighted by Crippen LogP contribution is -2.57. The molecule has 0 unspecified atom stereocenters. The highest BCUT2D eigenvalue weighted by molar-refractivity contribution is 7.89. The SMILES string of the molecule is N[C@@H]1CCN(S(=O)(=O)c2ccc(F)cc2F)C[C@H]1C(=O)N1CCC[C@H]1B(O)O. The number of likely N-dealkylation sites (tertiary alicyclic amines) is 1. The van der Waals surface area contributed by atoms with Crippen LogP contribution in [0.3, 0.4) is 0 Å². The van der Waals surface area contributed by atoms with Gasteiger partial charge in [-0.3, -0.25) is 4.79 Å². The van der Waals surface area contributed by atoms with Gasteiger partial charge in [-0.15, -0.1) is 0 Å². The zero-order valence-corrected chi connectivity index (χ0v) is 15.9. The molecule has 28 heavy (non-hydrogen) atoms. The molecule has 3 rings (SSSR count). The first-order chi connectivity index (χ1) is 13.1. The summed E-state index contributed by atoms with van der Waals surface area (Å²) in [4.78, 5) is 13.6. The van der Waals surface area contributed by atoms with Crippen LogP contribution in [-0.2, 0) is 14.8 Å². The Morgan fingerprint density at radius 1 is 1.21 bits per heavy atom. The van der Waals surface area contributed by atoms with E-state index in [1.165, 1.54) is 4.90 Å². The van der Waals surface area contributed by atoms with E-state index in [-0.39, 0.29) is 19.5 Å². The fourth-order valence-electron chi connectivity index (χ4n) is 3.83. The molecular formula is C16H22BF2N3O5S. The van der Waals surface area contributed by atoms with Gasteiger partial charge in [-0.25, -0.2) is 17.2 Å². The number of nitrogens with zero attached hydrogens (tertiary/aromatic N) is 2. The summed E-state index contributed by atoms with van der Waals surface area (Å²) in [5.74, 6) is -4.22. The largest absolute Gasteiger partial charge is 0.475 e. The topological polar surface area (TPSA) is 124 Å². The van der Waals surface area contributed by atoms with Gasteiger partial charge in [0, 0.05) is 31.7 Å². The van der Waals surface area contributed by atoms with Crippen LogP contribution in [0.4, 0.5) is 8.78 Å². The van der Waals surface area contributed by atoms with Gasteiger partial charge in [0.2, 0.25) is 15.9 Å². The average Bonchev–Trinajstić information content (AvgIpc) is 3.11. The van der Waals surface area contributed by atoms with Crippen LogP contribution in [-0.4, -0.2) is 72.3 Å². The maximum Gasteiger partial charge on any atom is 0.475 e. The fraction of sp³-hybridized carbons (Fsp3) is 0.562. The van der Waals surface area contributed by atoms with E-state index in [0.29, 0.717) is 25.5 Å². The van der Waals surface area contributed by atoms with Crippen molar-refractivity contribution >= 4 is 23.0 Å². The third-order valence-electron chi connectivity index (χ3n) is 5.38. The molecule has 0 aliphatic carbocycles. The molecule has 8 nitrogen and oxygen atoms in total. The molecule has 1 aromatic rings.